The number of fused-ring (bicyclic) bond motifs is 1. The van der Waals surface area contributed by atoms with Crippen LogP contribution < -0.4 is 16.0 Å². The summed E-state index contributed by atoms with van der Waals surface area (Å²) in [5, 5.41) is 8.33. The number of benzene rings is 3. The van der Waals surface area contributed by atoms with Crippen LogP contribution in [-0.4, -0.2) is 21.0 Å². The van der Waals surface area contributed by atoms with Crippen molar-refractivity contribution in [2.24, 2.45) is 0 Å². The first kappa shape index (κ1) is 29.1. The molecular weight excluding hydrogens is 581 g/mol. The highest BCUT2D eigenvalue weighted by atomic mass is 35.5. The number of alkyl halides is 3. The number of hydrogen-bond donors (Lipinski definition) is 3. The molecule has 0 spiro atoms. The van der Waals surface area contributed by atoms with E-state index in [0.717, 1.165) is 24.3 Å². The number of urea groups is 1. The van der Waals surface area contributed by atoms with Crippen LogP contribution in [0.5, 0.6) is 0 Å². The average molecular weight is 604 g/mol. The van der Waals surface area contributed by atoms with Crippen LogP contribution in [0, 0.1) is 5.82 Å². The summed E-state index contributed by atoms with van der Waals surface area (Å²) >= 11 is 12.2. The molecule has 3 aromatic carbocycles. The van der Waals surface area contributed by atoms with E-state index in [0.29, 0.717) is 29.1 Å². The summed E-state index contributed by atoms with van der Waals surface area (Å²) in [5.74, 6) is -1.78. The minimum Gasteiger partial charge on any atom is -0.331 e. The van der Waals surface area contributed by atoms with Crippen LogP contribution in [0.3, 0.4) is 0 Å². The molecule has 1 unspecified atom stereocenters. The van der Waals surface area contributed by atoms with E-state index < -0.39 is 50.1 Å². The second-order valence-electron chi connectivity index (χ2n) is 9.07. The molecule has 0 fully saturated rings. The number of amides is 2. The van der Waals surface area contributed by atoms with Crippen LogP contribution in [-0.2, 0) is 34.7 Å². The van der Waals surface area contributed by atoms with Gasteiger partial charge in [0.05, 0.1) is 38.0 Å². The van der Waals surface area contributed by atoms with Crippen molar-refractivity contribution in [2.45, 2.75) is 42.8 Å². The molecule has 0 bridgehead atoms. The van der Waals surface area contributed by atoms with Crippen LogP contribution in [0.2, 0.25) is 10.0 Å². The highest BCUT2D eigenvalue weighted by molar-refractivity contribution is 7.90. The Bertz CT molecular complexity index is 1530. The third-order valence-electron chi connectivity index (χ3n) is 6.28. The van der Waals surface area contributed by atoms with Crippen molar-refractivity contribution in [2.75, 3.05) is 11.9 Å². The van der Waals surface area contributed by atoms with Gasteiger partial charge in [0, 0.05) is 6.54 Å². The fraction of sp³-hybridized carbons (Fsp3) is 0.269. The van der Waals surface area contributed by atoms with Crippen LogP contribution in [0.25, 0.3) is 0 Å². The quantitative estimate of drug-likeness (QED) is 0.275. The Morgan fingerprint density at radius 2 is 1.87 bits per heavy atom. The summed E-state index contributed by atoms with van der Waals surface area (Å²) < 4.78 is 81.7. The van der Waals surface area contributed by atoms with Crippen molar-refractivity contribution in [3.63, 3.8) is 0 Å². The molecular formula is C26H23Cl2F4N3O3S. The van der Waals surface area contributed by atoms with E-state index in [1.54, 1.807) is 25.1 Å². The Kier molecular flexibility index (Phi) is 8.46. The molecule has 1 heterocycles. The minimum atomic E-state index is -4.65. The summed E-state index contributed by atoms with van der Waals surface area (Å²) in [6.07, 6.45) is -4.33. The number of anilines is 1. The molecule has 0 saturated carbocycles. The molecule has 0 aliphatic carbocycles. The van der Waals surface area contributed by atoms with Gasteiger partial charge in [-0.1, -0.05) is 41.4 Å². The predicted octanol–water partition coefficient (Wildman–Crippen LogP) is 6.65. The van der Waals surface area contributed by atoms with Gasteiger partial charge in [0.25, 0.3) is 0 Å². The molecule has 208 valence electrons. The van der Waals surface area contributed by atoms with Gasteiger partial charge < -0.3 is 16.0 Å². The maximum absolute atomic E-state index is 14.8. The third kappa shape index (κ3) is 6.66. The van der Waals surface area contributed by atoms with Crippen molar-refractivity contribution in [1.29, 1.82) is 0 Å². The van der Waals surface area contributed by atoms with E-state index in [2.05, 4.69) is 16.0 Å². The van der Waals surface area contributed by atoms with Gasteiger partial charge in [0.2, 0.25) is 0 Å². The lowest BCUT2D eigenvalue weighted by molar-refractivity contribution is -0.138. The van der Waals surface area contributed by atoms with Gasteiger partial charge >= 0.3 is 12.2 Å². The number of carbonyl (C=O) groups is 1. The molecule has 6 nitrogen and oxygen atoms in total. The van der Waals surface area contributed by atoms with Gasteiger partial charge in [-0.05, 0) is 72.5 Å². The third-order valence-corrected chi connectivity index (χ3v) is 8.80. The second-order valence-corrected chi connectivity index (χ2v) is 11.8. The number of carbonyl (C=O) groups excluding carboxylic acids is 1. The second kappa shape index (κ2) is 11.3. The van der Waals surface area contributed by atoms with E-state index in [1.807, 2.05) is 0 Å². The molecule has 1 aliphatic rings. The number of sulfone groups is 1. The lowest BCUT2D eigenvalue weighted by atomic mass is 9.93. The predicted molar refractivity (Wildman–Crippen MR) is 141 cm³/mol. The molecule has 0 saturated heterocycles. The number of halogens is 6. The van der Waals surface area contributed by atoms with E-state index >= 15 is 0 Å². The standard InChI is InChI=1S/C26H23Cl2F4N3O3S/c1-14(18-3-2-4-21(27)24(18)28)34-25(36)35-23-6-5-17(11-22(23)29)39(37,38)13-15-9-16-7-8-33-12-19(16)20(10-15)26(30,31)32/h2-6,9-11,14,33H,7-8,12-13H2,1H3,(H2,34,35,36). The number of rotatable bonds is 6. The van der Waals surface area contributed by atoms with Crippen LogP contribution >= 0.6 is 23.2 Å². The Morgan fingerprint density at radius 1 is 1.13 bits per heavy atom. The molecule has 39 heavy (non-hydrogen) atoms. The highest BCUT2D eigenvalue weighted by Crippen LogP contribution is 2.36. The number of nitrogens with one attached hydrogen (secondary N) is 3. The monoisotopic (exact) mass is 603 g/mol. The maximum Gasteiger partial charge on any atom is 0.416 e. The summed E-state index contributed by atoms with van der Waals surface area (Å²) in [6, 6.07) is 8.68. The fourth-order valence-corrected chi connectivity index (χ4v) is 6.19. The van der Waals surface area contributed by atoms with Crippen LogP contribution in [0.4, 0.5) is 28.0 Å². The topological polar surface area (TPSA) is 87.3 Å². The van der Waals surface area contributed by atoms with Gasteiger partial charge in [-0.2, -0.15) is 13.2 Å². The number of hydrogen-bond acceptors (Lipinski definition) is 4. The lowest BCUT2D eigenvalue weighted by Gasteiger charge is -2.23. The molecule has 1 atom stereocenters. The summed E-state index contributed by atoms with van der Waals surface area (Å²) in [5.41, 5.74) is -0.161. The molecule has 4 rings (SSSR count). The summed E-state index contributed by atoms with van der Waals surface area (Å²) in [7, 11) is -4.21. The van der Waals surface area contributed by atoms with Gasteiger partial charge in [-0.3, -0.25) is 0 Å². The normalized spacial score (nSPS) is 14.4. The van der Waals surface area contributed by atoms with E-state index in [-0.39, 0.29) is 28.4 Å². The smallest absolute Gasteiger partial charge is 0.331 e. The highest BCUT2D eigenvalue weighted by Gasteiger charge is 2.35. The van der Waals surface area contributed by atoms with Crippen LogP contribution in [0.15, 0.2) is 53.4 Å². The minimum absolute atomic E-state index is 0.0371. The zero-order chi connectivity index (χ0) is 28.5. The molecule has 3 N–H and O–H groups in total. The maximum atomic E-state index is 14.8. The van der Waals surface area contributed by atoms with Crippen LogP contribution in [0.1, 0.15) is 40.8 Å². The Hall–Kier alpha value is -2.86. The van der Waals surface area contributed by atoms with Gasteiger partial charge in [0.15, 0.2) is 9.84 Å². The molecule has 1 aliphatic heterocycles. The molecule has 13 heteroatoms. The molecule has 0 radical (unpaired) electrons. The summed E-state index contributed by atoms with van der Waals surface area (Å²) in [6.45, 7) is 2.15. The summed E-state index contributed by atoms with van der Waals surface area (Å²) in [4.78, 5) is 12.0. The van der Waals surface area contributed by atoms with Crippen molar-refractivity contribution < 1.29 is 30.8 Å². The zero-order valence-corrected chi connectivity index (χ0v) is 22.8. The van der Waals surface area contributed by atoms with Gasteiger partial charge in [0.1, 0.15) is 5.82 Å². The Morgan fingerprint density at radius 3 is 2.56 bits per heavy atom. The van der Waals surface area contributed by atoms with E-state index in [1.165, 1.54) is 6.07 Å². The largest absolute Gasteiger partial charge is 0.416 e. The fourth-order valence-electron chi connectivity index (χ4n) is 4.38. The van der Waals surface area contributed by atoms with Gasteiger partial charge in [-0.15, -0.1) is 0 Å². The van der Waals surface area contributed by atoms with Gasteiger partial charge in [-0.25, -0.2) is 17.6 Å². The molecule has 3 aromatic rings. The van der Waals surface area contributed by atoms with Crippen molar-refractivity contribution in [3.8, 4) is 0 Å². The zero-order valence-electron chi connectivity index (χ0n) is 20.4. The SMILES string of the molecule is CC(NC(=O)Nc1ccc(S(=O)(=O)Cc2cc3c(c(C(F)(F)F)c2)CNCC3)cc1F)c1cccc(Cl)c1Cl. The molecule has 2 amide bonds. The first-order valence-corrected chi connectivity index (χ1v) is 14.1. The van der Waals surface area contributed by atoms with Crippen molar-refractivity contribution >= 4 is 44.8 Å². The average Bonchev–Trinajstić information content (AvgIpc) is 2.85. The van der Waals surface area contributed by atoms with Crippen molar-refractivity contribution in [1.82, 2.24) is 10.6 Å². The van der Waals surface area contributed by atoms with E-state index in [4.69, 9.17) is 23.2 Å². The first-order chi connectivity index (χ1) is 18.3. The van der Waals surface area contributed by atoms with Crippen molar-refractivity contribution in [3.05, 3.63) is 92.2 Å². The van der Waals surface area contributed by atoms with E-state index in [9.17, 15) is 30.8 Å². The first-order valence-electron chi connectivity index (χ1n) is 11.7. The Labute approximate surface area is 232 Å². The Balaban J connectivity index is 1.50. The molecule has 0 aromatic heterocycles. The lowest BCUT2D eigenvalue weighted by Crippen LogP contribution is -2.31.